The van der Waals surface area contributed by atoms with Crippen molar-refractivity contribution in [2.75, 3.05) is 55.6 Å². The van der Waals surface area contributed by atoms with Gasteiger partial charge in [-0.05, 0) is 45.7 Å². The maximum atomic E-state index is 15.8. The van der Waals surface area contributed by atoms with Crippen molar-refractivity contribution in [3.8, 4) is 0 Å². The molecule has 4 amide bonds. The summed E-state index contributed by atoms with van der Waals surface area (Å²) in [6.07, 6.45) is 1.83. The summed E-state index contributed by atoms with van der Waals surface area (Å²) in [4.78, 5) is 44.0. The lowest BCUT2D eigenvalue weighted by Gasteiger charge is -2.63. The Morgan fingerprint density at radius 1 is 1.10 bits per heavy atom. The predicted octanol–water partition coefficient (Wildman–Crippen LogP) is 2.68. The summed E-state index contributed by atoms with van der Waals surface area (Å²) in [5.41, 5.74) is 0.590. The largest absolute Gasteiger partial charge is 0.444 e. The molecule has 0 radical (unpaired) electrons. The van der Waals surface area contributed by atoms with Gasteiger partial charge in [0.2, 0.25) is 5.91 Å². The number of likely N-dealkylation sites (tertiary alicyclic amines) is 2. The molecule has 4 aliphatic heterocycles. The minimum atomic E-state index is -0.537. The normalized spacial score (nSPS) is 22.2. The minimum Gasteiger partial charge on any atom is -0.444 e. The van der Waals surface area contributed by atoms with E-state index in [0.29, 0.717) is 41.5 Å². The number of nitrogens with one attached hydrogen (secondary N) is 1. The molecule has 0 aliphatic carbocycles. The molecule has 1 N–H and O–H groups in total. The fraction of sp³-hybridized carbons (Fsp3) is 0.630. The van der Waals surface area contributed by atoms with E-state index in [2.05, 4.69) is 20.2 Å². The number of carbonyl (C=O) groups excluding carboxylic acids is 3. The van der Waals surface area contributed by atoms with E-state index in [1.165, 1.54) is 9.58 Å². The van der Waals surface area contributed by atoms with E-state index in [9.17, 15) is 14.4 Å². The summed E-state index contributed by atoms with van der Waals surface area (Å²) in [6.45, 7) is 10.9. The molecule has 2 aromatic rings. The van der Waals surface area contributed by atoms with Gasteiger partial charge in [-0.25, -0.2) is 14.0 Å². The lowest BCUT2D eigenvalue weighted by Crippen LogP contribution is -2.74. The number of hydrogen-bond acceptors (Lipinski definition) is 7. The maximum Gasteiger partial charge on any atom is 0.410 e. The maximum absolute atomic E-state index is 15.8. The molecule has 4 saturated heterocycles. The topological polar surface area (TPSA) is 103 Å². The molecule has 1 aromatic carbocycles. The summed E-state index contributed by atoms with van der Waals surface area (Å²) in [6, 6.07) is 3.51. The third-order valence-corrected chi connectivity index (χ3v) is 8.32. The molecule has 1 aromatic heterocycles. The molecule has 6 rings (SSSR count). The Hall–Kier alpha value is -3.41. The van der Waals surface area contributed by atoms with Crippen molar-refractivity contribution in [3.63, 3.8) is 0 Å². The smallest absolute Gasteiger partial charge is 0.410 e. The Kier molecular flexibility index (Phi) is 6.01. The number of piperidine rings is 1. The molecular weight excluding hydrogens is 505 g/mol. The van der Waals surface area contributed by atoms with Gasteiger partial charge in [-0.15, -0.1) is 0 Å². The number of aryl methyl sites for hydroxylation is 1. The van der Waals surface area contributed by atoms with Gasteiger partial charge in [-0.1, -0.05) is 0 Å². The fourth-order valence-electron chi connectivity index (χ4n) is 6.45. The van der Waals surface area contributed by atoms with Crippen LogP contribution in [0.2, 0.25) is 0 Å². The molecule has 1 spiro atoms. The second-order valence-electron chi connectivity index (χ2n) is 12.5. The zero-order valence-electron chi connectivity index (χ0n) is 23.0. The summed E-state index contributed by atoms with van der Waals surface area (Å²) < 4.78 is 22.7. The second kappa shape index (κ2) is 9.07. The summed E-state index contributed by atoms with van der Waals surface area (Å²) in [5.74, 6) is -0.310. The number of urea groups is 1. The first-order valence-electron chi connectivity index (χ1n) is 13.7. The van der Waals surface area contributed by atoms with Crippen LogP contribution in [0, 0.1) is 11.2 Å². The molecule has 4 fully saturated rings. The van der Waals surface area contributed by atoms with E-state index in [1.54, 1.807) is 13.1 Å². The molecular formula is C27H36FN7O4. The van der Waals surface area contributed by atoms with Gasteiger partial charge >= 0.3 is 12.1 Å². The third-order valence-electron chi connectivity index (χ3n) is 8.32. The van der Waals surface area contributed by atoms with Gasteiger partial charge in [-0.3, -0.25) is 24.6 Å². The Labute approximate surface area is 226 Å². The molecule has 11 nitrogen and oxygen atoms in total. The molecule has 4 aliphatic rings. The Morgan fingerprint density at radius 3 is 2.44 bits per heavy atom. The number of ether oxygens (including phenoxy) is 1. The van der Waals surface area contributed by atoms with Gasteiger partial charge in [0.1, 0.15) is 11.1 Å². The molecule has 0 atom stereocenters. The highest BCUT2D eigenvalue weighted by Crippen LogP contribution is 2.45. The predicted molar refractivity (Wildman–Crippen MR) is 143 cm³/mol. The molecule has 12 heteroatoms. The van der Waals surface area contributed by atoms with E-state index in [1.807, 2.05) is 31.7 Å². The van der Waals surface area contributed by atoms with Crippen LogP contribution in [0.15, 0.2) is 12.1 Å². The van der Waals surface area contributed by atoms with Gasteiger partial charge in [0.25, 0.3) is 0 Å². The van der Waals surface area contributed by atoms with Crippen LogP contribution in [0.25, 0.3) is 10.9 Å². The highest BCUT2D eigenvalue weighted by Gasteiger charge is 2.54. The van der Waals surface area contributed by atoms with Crippen LogP contribution in [0.3, 0.4) is 0 Å². The average Bonchev–Trinajstić information content (AvgIpc) is 3.14. The zero-order valence-corrected chi connectivity index (χ0v) is 23.0. The number of amides is 4. The number of hydrogen-bond donors (Lipinski definition) is 1. The van der Waals surface area contributed by atoms with E-state index < -0.39 is 11.6 Å². The number of rotatable bonds is 3. The van der Waals surface area contributed by atoms with Crippen LogP contribution in [0.1, 0.15) is 40.0 Å². The summed E-state index contributed by atoms with van der Waals surface area (Å²) in [5, 5.41) is 7.26. The van der Waals surface area contributed by atoms with Crippen LogP contribution < -0.4 is 15.1 Å². The average molecular weight is 542 g/mol. The van der Waals surface area contributed by atoms with Crippen molar-refractivity contribution >= 4 is 40.4 Å². The summed E-state index contributed by atoms with van der Waals surface area (Å²) in [7, 11) is 1.67. The Bertz CT molecular complexity index is 1330. The van der Waals surface area contributed by atoms with Crippen molar-refractivity contribution in [3.05, 3.63) is 17.9 Å². The van der Waals surface area contributed by atoms with Crippen LogP contribution in [-0.4, -0.2) is 95.1 Å². The molecule has 5 heterocycles. The highest BCUT2D eigenvalue weighted by atomic mass is 19.1. The number of carbonyl (C=O) groups is 3. The number of benzene rings is 1. The van der Waals surface area contributed by atoms with Crippen molar-refractivity contribution in [1.29, 1.82) is 0 Å². The van der Waals surface area contributed by atoms with E-state index in [0.717, 1.165) is 39.0 Å². The van der Waals surface area contributed by atoms with Crippen LogP contribution in [0.4, 0.5) is 25.5 Å². The van der Waals surface area contributed by atoms with E-state index >= 15 is 4.39 Å². The number of fused-ring (bicyclic) bond motifs is 1. The zero-order chi connectivity index (χ0) is 27.7. The number of halogens is 1. The number of imide groups is 1. The second-order valence-corrected chi connectivity index (χ2v) is 12.5. The monoisotopic (exact) mass is 541 g/mol. The lowest BCUT2D eigenvalue weighted by molar-refractivity contribution is -0.120. The van der Waals surface area contributed by atoms with Crippen LogP contribution in [-0.2, 0) is 16.6 Å². The summed E-state index contributed by atoms with van der Waals surface area (Å²) >= 11 is 0. The number of anilines is 2. The first kappa shape index (κ1) is 25.8. The third kappa shape index (κ3) is 4.58. The molecule has 210 valence electrons. The molecule has 0 saturated carbocycles. The quantitative estimate of drug-likeness (QED) is 0.637. The molecule has 0 bridgehead atoms. The van der Waals surface area contributed by atoms with Gasteiger partial charge in [0, 0.05) is 76.1 Å². The minimum absolute atomic E-state index is 0.180. The van der Waals surface area contributed by atoms with Crippen molar-refractivity contribution in [1.82, 2.24) is 24.9 Å². The molecule has 0 unspecified atom stereocenters. The van der Waals surface area contributed by atoms with Crippen molar-refractivity contribution in [2.45, 2.75) is 51.7 Å². The van der Waals surface area contributed by atoms with Crippen LogP contribution >= 0.6 is 0 Å². The first-order chi connectivity index (χ1) is 18.4. The van der Waals surface area contributed by atoms with E-state index in [-0.39, 0.29) is 36.2 Å². The van der Waals surface area contributed by atoms with Crippen molar-refractivity contribution < 1.29 is 23.5 Å². The Morgan fingerprint density at radius 2 is 1.79 bits per heavy atom. The van der Waals surface area contributed by atoms with Gasteiger partial charge in [0.15, 0.2) is 11.6 Å². The number of aromatic nitrogens is 2. The highest BCUT2D eigenvalue weighted by molar-refractivity contribution is 6.09. The molecule has 39 heavy (non-hydrogen) atoms. The number of nitrogens with zero attached hydrogens (tertiary/aromatic N) is 6. The standard InChI is InChI=1S/C27H36FN7O4/c1-26(2,3)39-25(38)32-10-7-17(8-11-32)33-13-27(14-33)15-34(16-27)19-6-5-18-22(21(19)28)31(4)30-23(18)35-12-9-20(36)29-24(35)37/h5-6,17H,7-16H2,1-4H3,(H,29,36,37). The van der Waals surface area contributed by atoms with Gasteiger partial charge in [0.05, 0.1) is 5.69 Å². The van der Waals surface area contributed by atoms with Gasteiger partial charge < -0.3 is 14.5 Å². The lowest BCUT2D eigenvalue weighted by atomic mass is 9.71. The Balaban J connectivity index is 1.06. The SMILES string of the molecule is Cn1nc(N2CCC(=O)NC2=O)c2ccc(N3CC4(C3)CN(C3CCN(C(=O)OC(C)(C)C)CC3)C4)c(F)c21. The van der Waals surface area contributed by atoms with Gasteiger partial charge in [-0.2, -0.15) is 5.10 Å². The van der Waals surface area contributed by atoms with E-state index in [4.69, 9.17) is 4.74 Å². The van der Waals surface area contributed by atoms with Crippen LogP contribution in [0.5, 0.6) is 0 Å². The fourth-order valence-corrected chi connectivity index (χ4v) is 6.45. The van der Waals surface area contributed by atoms with Crippen molar-refractivity contribution in [2.24, 2.45) is 12.5 Å². The first-order valence-corrected chi connectivity index (χ1v) is 13.7.